The van der Waals surface area contributed by atoms with Crippen LogP contribution < -0.4 is 15.5 Å². The molecular weight excluding hydrogens is 329 g/mol. The first-order valence-corrected chi connectivity index (χ1v) is 8.22. The van der Waals surface area contributed by atoms with Gasteiger partial charge in [-0.15, -0.1) is 0 Å². The molecule has 2 atom stereocenters. The van der Waals surface area contributed by atoms with Gasteiger partial charge in [0.1, 0.15) is 6.10 Å². The molecule has 2 aliphatic heterocycles. The summed E-state index contributed by atoms with van der Waals surface area (Å²) in [5.41, 5.74) is 6.58. The van der Waals surface area contributed by atoms with E-state index >= 15 is 0 Å². The first-order chi connectivity index (χ1) is 11.9. The highest BCUT2D eigenvalue weighted by Crippen LogP contribution is 2.27. The fraction of sp³-hybridized carbons (Fsp3) is 0.471. The van der Waals surface area contributed by atoms with Crippen molar-refractivity contribution in [2.45, 2.75) is 31.5 Å². The quantitative estimate of drug-likeness (QED) is 0.867. The molecule has 8 heteroatoms. The maximum absolute atomic E-state index is 13.6. The van der Waals surface area contributed by atoms with E-state index in [-0.39, 0.29) is 31.3 Å². The SMILES string of the molecule is NC(=O)CC[C@H]1CN(c2ccc(N3CCC(=O)C(F)C3)cc2)C(=O)O1. The molecule has 0 aliphatic carbocycles. The Bertz CT molecular complexity index is 679. The molecule has 0 bridgehead atoms. The number of halogens is 1. The Morgan fingerprint density at radius 3 is 2.52 bits per heavy atom. The minimum atomic E-state index is -1.45. The smallest absolute Gasteiger partial charge is 0.414 e. The third kappa shape index (κ3) is 3.89. The van der Waals surface area contributed by atoms with Crippen LogP contribution in [0.2, 0.25) is 0 Å². The number of piperidine rings is 1. The van der Waals surface area contributed by atoms with Gasteiger partial charge in [0.2, 0.25) is 5.91 Å². The standard InChI is InChI=1S/C17H20FN3O4/c18-14-10-20(8-7-15(14)22)11-1-3-12(4-2-11)21-9-13(25-17(21)24)5-6-16(19)23/h1-4,13-14H,5-10H2,(H2,19,23)/t13-,14?/m0/s1. The van der Waals surface area contributed by atoms with Gasteiger partial charge in [-0.05, 0) is 30.7 Å². The lowest BCUT2D eigenvalue weighted by atomic mass is 10.1. The number of primary amides is 1. The molecule has 0 radical (unpaired) electrons. The molecule has 134 valence electrons. The van der Waals surface area contributed by atoms with Gasteiger partial charge in [0.05, 0.1) is 13.1 Å². The third-order valence-electron chi connectivity index (χ3n) is 4.47. The fourth-order valence-electron chi connectivity index (χ4n) is 3.05. The molecule has 2 amide bonds. The van der Waals surface area contributed by atoms with E-state index in [0.29, 0.717) is 25.2 Å². The van der Waals surface area contributed by atoms with Crippen LogP contribution in [0.15, 0.2) is 24.3 Å². The van der Waals surface area contributed by atoms with Crippen molar-refractivity contribution in [1.29, 1.82) is 0 Å². The Morgan fingerprint density at radius 2 is 1.88 bits per heavy atom. The lowest BCUT2D eigenvalue weighted by molar-refractivity contribution is -0.124. The van der Waals surface area contributed by atoms with Crippen molar-refractivity contribution in [3.8, 4) is 0 Å². The molecule has 2 N–H and O–H groups in total. The number of ether oxygens (including phenoxy) is 1. The number of nitrogens with zero attached hydrogens (tertiary/aromatic N) is 2. The predicted molar refractivity (Wildman–Crippen MR) is 89.2 cm³/mol. The molecular formula is C17H20FN3O4. The van der Waals surface area contributed by atoms with E-state index in [2.05, 4.69) is 0 Å². The van der Waals surface area contributed by atoms with E-state index in [1.165, 1.54) is 4.90 Å². The predicted octanol–water partition coefficient (Wildman–Crippen LogP) is 1.39. The van der Waals surface area contributed by atoms with Crippen molar-refractivity contribution in [2.24, 2.45) is 5.73 Å². The van der Waals surface area contributed by atoms with Gasteiger partial charge in [-0.1, -0.05) is 0 Å². The lowest BCUT2D eigenvalue weighted by Gasteiger charge is -2.30. The van der Waals surface area contributed by atoms with Crippen LogP contribution in [0.25, 0.3) is 0 Å². The average Bonchev–Trinajstić information content (AvgIpc) is 2.96. The van der Waals surface area contributed by atoms with Gasteiger partial charge in [-0.3, -0.25) is 14.5 Å². The van der Waals surface area contributed by atoms with E-state index in [9.17, 15) is 18.8 Å². The Balaban J connectivity index is 1.63. The molecule has 2 heterocycles. The van der Waals surface area contributed by atoms with Crippen molar-refractivity contribution in [3.05, 3.63) is 24.3 Å². The molecule has 1 aromatic rings. The Labute approximate surface area is 144 Å². The maximum atomic E-state index is 13.6. The number of cyclic esters (lactones) is 1. The van der Waals surface area contributed by atoms with E-state index in [4.69, 9.17) is 10.5 Å². The summed E-state index contributed by atoms with van der Waals surface area (Å²) in [5.74, 6) is -0.778. The molecule has 3 rings (SSSR count). The van der Waals surface area contributed by atoms with Crippen molar-refractivity contribution in [3.63, 3.8) is 0 Å². The Kier molecular flexibility index (Phi) is 4.87. The molecule has 2 saturated heterocycles. The van der Waals surface area contributed by atoms with Gasteiger partial charge in [0, 0.05) is 30.8 Å². The average molecular weight is 349 g/mol. The van der Waals surface area contributed by atoms with Gasteiger partial charge >= 0.3 is 6.09 Å². The molecule has 2 fully saturated rings. The highest BCUT2D eigenvalue weighted by atomic mass is 19.1. The van der Waals surface area contributed by atoms with Gasteiger partial charge in [0.15, 0.2) is 12.0 Å². The molecule has 25 heavy (non-hydrogen) atoms. The van der Waals surface area contributed by atoms with E-state index in [1.54, 1.807) is 24.3 Å². The molecule has 7 nitrogen and oxygen atoms in total. The van der Waals surface area contributed by atoms with Crippen LogP contribution in [0, 0.1) is 0 Å². The molecule has 0 spiro atoms. The van der Waals surface area contributed by atoms with Gasteiger partial charge in [-0.2, -0.15) is 0 Å². The summed E-state index contributed by atoms with van der Waals surface area (Å²) in [5, 5.41) is 0. The first-order valence-electron chi connectivity index (χ1n) is 8.22. The maximum Gasteiger partial charge on any atom is 0.414 e. The Hall–Kier alpha value is -2.64. The topological polar surface area (TPSA) is 92.9 Å². The van der Waals surface area contributed by atoms with Crippen LogP contribution in [0.3, 0.4) is 0 Å². The van der Waals surface area contributed by atoms with Crippen LogP contribution >= 0.6 is 0 Å². The van der Waals surface area contributed by atoms with Crippen molar-refractivity contribution < 1.29 is 23.5 Å². The van der Waals surface area contributed by atoms with Crippen LogP contribution in [0.1, 0.15) is 19.3 Å². The second kappa shape index (κ2) is 7.08. The molecule has 0 aromatic heterocycles. The van der Waals surface area contributed by atoms with E-state index in [1.807, 2.05) is 4.90 Å². The number of anilines is 2. The summed E-state index contributed by atoms with van der Waals surface area (Å²) in [6.07, 6.45) is -1.51. The minimum absolute atomic E-state index is 0.0547. The van der Waals surface area contributed by atoms with Gasteiger partial charge in [-0.25, -0.2) is 9.18 Å². The van der Waals surface area contributed by atoms with Crippen LogP contribution in [0.4, 0.5) is 20.6 Å². The number of hydrogen-bond acceptors (Lipinski definition) is 5. The number of amides is 2. The molecule has 1 aromatic carbocycles. The number of benzene rings is 1. The zero-order chi connectivity index (χ0) is 18.0. The summed E-state index contributed by atoms with van der Waals surface area (Å²) < 4.78 is 18.8. The van der Waals surface area contributed by atoms with E-state index in [0.717, 1.165) is 5.69 Å². The van der Waals surface area contributed by atoms with Crippen LogP contribution in [-0.4, -0.2) is 49.7 Å². The summed E-state index contributed by atoms with van der Waals surface area (Å²) in [6.45, 7) is 0.898. The fourth-order valence-corrected chi connectivity index (χ4v) is 3.05. The number of alkyl halides is 1. The van der Waals surface area contributed by atoms with Gasteiger partial charge in [0.25, 0.3) is 0 Å². The zero-order valence-corrected chi connectivity index (χ0v) is 13.7. The monoisotopic (exact) mass is 349 g/mol. The summed E-state index contributed by atoms with van der Waals surface area (Å²) in [6, 6.07) is 7.11. The summed E-state index contributed by atoms with van der Waals surface area (Å²) in [4.78, 5) is 37.4. The lowest BCUT2D eigenvalue weighted by Crippen LogP contribution is -2.42. The van der Waals surface area contributed by atoms with E-state index < -0.39 is 18.2 Å². The summed E-state index contributed by atoms with van der Waals surface area (Å²) >= 11 is 0. The number of carbonyl (C=O) groups excluding carboxylic acids is 3. The molecule has 0 saturated carbocycles. The molecule has 1 unspecified atom stereocenters. The summed E-state index contributed by atoms with van der Waals surface area (Å²) in [7, 11) is 0. The van der Waals surface area contributed by atoms with Crippen LogP contribution in [-0.2, 0) is 14.3 Å². The zero-order valence-electron chi connectivity index (χ0n) is 13.7. The largest absolute Gasteiger partial charge is 0.444 e. The van der Waals surface area contributed by atoms with Crippen molar-refractivity contribution in [1.82, 2.24) is 0 Å². The van der Waals surface area contributed by atoms with Crippen molar-refractivity contribution >= 4 is 29.2 Å². The molecule has 2 aliphatic rings. The second-order valence-corrected chi connectivity index (χ2v) is 6.27. The number of hydrogen-bond donors (Lipinski definition) is 1. The number of carbonyl (C=O) groups is 3. The number of nitrogens with two attached hydrogens (primary N) is 1. The van der Waals surface area contributed by atoms with Gasteiger partial charge < -0.3 is 15.4 Å². The second-order valence-electron chi connectivity index (χ2n) is 6.27. The highest BCUT2D eigenvalue weighted by Gasteiger charge is 2.32. The number of rotatable bonds is 5. The minimum Gasteiger partial charge on any atom is -0.444 e. The van der Waals surface area contributed by atoms with Crippen LogP contribution in [0.5, 0.6) is 0 Å². The highest BCUT2D eigenvalue weighted by molar-refractivity contribution is 5.90. The number of ketones is 1. The third-order valence-corrected chi connectivity index (χ3v) is 4.47. The normalized spacial score (nSPS) is 23.7. The first kappa shape index (κ1) is 17.2. The Morgan fingerprint density at radius 1 is 1.20 bits per heavy atom. The number of Topliss-reactive ketones (excluding diaryl/α,β-unsaturated/α-hetero) is 1. The van der Waals surface area contributed by atoms with Crippen molar-refractivity contribution in [2.75, 3.05) is 29.4 Å².